The van der Waals surface area contributed by atoms with Crippen LogP contribution in [0.1, 0.15) is 71.1 Å². The van der Waals surface area contributed by atoms with Crippen molar-refractivity contribution in [3.8, 4) is 0 Å². The second-order valence-electron chi connectivity index (χ2n) is 9.11. The van der Waals surface area contributed by atoms with Crippen LogP contribution < -0.4 is 10.6 Å². The lowest BCUT2D eigenvalue weighted by atomic mass is 9.72. The van der Waals surface area contributed by atoms with Crippen molar-refractivity contribution in [1.82, 2.24) is 15.5 Å². The van der Waals surface area contributed by atoms with Crippen LogP contribution in [0.4, 0.5) is 0 Å². The molecule has 3 rings (SSSR count). The Kier molecular flexibility index (Phi) is 11.0. The first kappa shape index (κ1) is 25.1. The molecule has 0 bridgehead atoms. The third kappa shape index (κ3) is 6.94. The molecule has 3 N–H and O–H groups in total. The first-order valence-electron chi connectivity index (χ1n) is 11.7. The lowest BCUT2D eigenvalue weighted by Gasteiger charge is -2.45. The van der Waals surface area contributed by atoms with E-state index in [1.807, 2.05) is 0 Å². The van der Waals surface area contributed by atoms with Gasteiger partial charge in [0.05, 0.1) is 0 Å². The highest BCUT2D eigenvalue weighted by Gasteiger charge is 2.39. The molecule has 0 unspecified atom stereocenters. The van der Waals surface area contributed by atoms with Gasteiger partial charge in [-0.1, -0.05) is 19.3 Å². The first-order chi connectivity index (χ1) is 13.7. The molecule has 3 aliphatic rings. The molecule has 1 aliphatic carbocycles. The lowest BCUT2D eigenvalue weighted by molar-refractivity contribution is -0.0164. The zero-order valence-corrected chi connectivity index (χ0v) is 20.7. The number of likely N-dealkylation sites (tertiary alicyclic amines) is 1. The van der Waals surface area contributed by atoms with E-state index in [0.717, 1.165) is 58.1 Å². The summed E-state index contributed by atoms with van der Waals surface area (Å²) >= 11 is 0. The molecule has 2 saturated heterocycles. The van der Waals surface area contributed by atoms with Gasteiger partial charge in [-0.25, -0.2) is 0 Å². The molecule has 0 atom stereocenters. The topological polar surface area (TPSA) is 69.1 Å². The van der Waals surface area contributed by atoms with Gasteiger partial charge in [-0.2, -0.15) is 0 Å². The van der Waals surface area contributed by atoms with Crippen molar-refractivity contribution < 1.29 is 9.84 Å². The Balaban J connectivity index is 0.00000300. The second kappa shape index (κ2) is 12.7. The molecule has 0 aromatic carbocycles. The molecule has 7 heteroatoms. The summed E-state index contributed by atoms with van der Waals surface area (Å²) in [4.78, 5) is 7.70. The number of aliphatic hydroxyl groups excluding tert-OH is 1. The van der Waals surface area contributed by atoms with Crippen LogP contribution in [0, 0.1) is 5.41 Å². The van der Waals surface area contributed by atoms with Gasteiger partial charge in [-0.05, 0) is 70.4 Å². The quantitative estimate of drug-likeness (QED) is 0.260. The molecule has 0 aromatic rings. The summed E-state index contributed by atoms with van der Waals surface area (Å²) in [6.07, 6.45) is 12.0. The molecule has 0 radical (unpaired) electrons. The fraction of sp³-hybridized carbons (Fsp3) is 0.955. The van der Waals surface area contributed by atoms with E-state index in [-0.39, 0.29) is 41.5 Å². The molecule has 1 saturated carbocycles. The van der Waals surface area contributed by atoms with Gasteiger partial charge >= 0.3 is 0 Å². The van der Waals surface area contributed by atoms with Crippen LogP contribution in [0.15, 0.2) is 4.99 Å². The summed E-state index contributed by atoms with van der Waals surface area (Å²) in [7, 11) is 0. The van der Waals surface area contributed by atoms with Crippen molar-refractivity contribution in [3.63, 3.8) is 0 Å². The number of nitrogens with zero attached hydrogens (tertiary/aromatic N) is 2. The van der Waals surface area contributed by atoms with E-state index in [2.05, 4.69) is 22.5 Å². The van der Waals surface area contributed by atoms with Crippen LogP contribution in [-0.4, -0.2) is 74.0 Å². The molecule has 3 fully saturated rings. The third-order valence-electron chi connectivity index (χ3n) is 7.26. The van der Waals surface area contributed by atoms with Gasteiger partial charge in [0.1, 0.15) is 0 Å². The lowest BCUT2D eigenvalue weighted by Crippen LogP contribution is -2.58. The number of halogens is 1. The number of aliphatic imine (C=N–C) groups is 1. The van der Waals surface area contributed by atoms with E-state index in [0.29, 0.717) is 0 Å². The summed E-state index contributed by atoms with van der Waals surface area (Å²) < 4.78 is 5.68. The fourth-order valence-electron chi connectivity index (χ4n) is 5.41. The van der Waals surface area contributed by atoms with Crippen LogP contribution in [0.3, 0.4) is 0 Å². The van der Waals surface area contributed by atoms with Crippen LogP contribution in [0.5, 0.6) is 0 Å². The maximum absolute atomic E-state index is 9.58. The molecule has 29 heavy (non-hydrogen) atoms. The van der Waals surface area contributed by atoms with Crippen LogP contribution in [-0.2, 0) is 4.74 Å². The maximum atomic E-state index is 9.58. The molecule has 170 valence electrons. The molecule has 6 nitrogen and oxygen atoms in total. The van der Waals surface area contributed by atoms with E-state index in [9.17, 15) is 5.11 Å². The Morgan fingerprint density at radius 1 is 1.00 bits per heavy atom. The Labute approximate surface area is 194 Å². The Morgan fingerprint density at radius 2 is 1.69 bits per heavy atom. The fourth-order valence-corrected chi connectivity index (χ4v) is 5.41. The number of nitrogens with one attached hydrogen (secondary N) is 2. The number of ether oxygens (including phenoxy) is 1. The highest BCUT2D eigenvalue weighted by molar-refractivity contribution is 14.0. The zero-order chi connectivity index (χ0) is 19.7. The summed E-state index contributed by atoms with van der Waals surface area (Å²) in [5.41, 5.74) is 0.402. The van der Waals surface area contributed by atoms with Crippen LogP contribution in [0.2, 0.25) is 0 Å². The predicted octanol–water partition coefficient (Wildman–Crippen LogP) is 3.14. The standard InChI is InChI=1S/C22H42N4O2.HI/c1-2-23-20(24-18-21(10-15-27)8-4-3-5-9-21)25-19-22(11-16-28-17-12-22)26-13-6-7-14-26;/h27H,2-19H2,1H3,(H2,23,24,25);1H. The van der Waals surface area contributed by atoms with Crippen molar-refractivity contribution >= 4 is 29.9 Å². The molecule has 0 amide bonds. The maximum Gasteiger partial charge on any atom is 0.191 e. The molecule has 2 heterocycles. The van der Waals surface area contributed by atoms with Crippen molar-refractivity contribution in [1.29, 1.82) is 0 Å². The summed E-state index contributed by atoms with van der Waals surface area (Å²) in [5, 5.41) is 16.7. The van der Waals surface area contributed by atoms with Gasteiger partial charge in [0.25, 0.3) is 0 Å². The normalized spacial score (nSPS) is 24.7. The van der Waals surface area contributed by atoms with Crippen molar-refractivity contribution in [2.45, 2.75) is 76.7 Å². The third-order valence-corrected chi connectivity index (χ3v) is 7.26. The first-order valence-corrected chi connectivity index (χ1v) is 11.7. The number of hydrogen-bond donors (Lipinski definition) is 3. The summed E-state index contributed by atoms with van der Waals surface area (Å²) in [6.45, 7) is 9.21. The molecular weight excluding hydrogens is 479 g/mol. The molecule has 2 aliphatic heterocycles. The molecule has 0 spiro atoms. The molecule has 0 aromatic heterocycles. The van der Waals surface area contributed by atoms with E-state index in [1.165, 1.54) is 58.0 Å². The van der Waals surface area contributed by atoms with E-state index >= 15 is 0 Å². The minimum Gasteiger partial charge on any atom is -0.396 e. The molecular formula is C22H43IN4O2. The number of guanidine groups is 1. The minimum atomic E-state index is 0. The van der Waals surface area contributed by atoms with Crippen LogP contribution >= 0.6 is 24.0 Å². The predicted molar refractivity (Wildman–Crippen MR) is 130 cm³/mol. The van der Waals surface area contributed by atoms with Gasteiger partial charge in [0.15, 0.2) is 5.96 Å². The largest absolute Gasteiger partial charge is 0.396 e. The van der Waals surface area contributed by atoms with Crippen LogP contribution in [0.25, 0.3) is 0 Å². The van der Waals surface area contributed by atoms with E-state index in [1.54, 1.807) is 0 Å². The van der Waals surface area contributed by atoms with Gasteiger partial charge in [-0.3, -0.25) is 9.89 Å². The summed E-state index contributed by atoms with van der Waals surface area (Å²) in [6, 6.07) is 0. The average Bonchev–Trinajstić information content (AvgIpc) is 3.27. The zero-order valence-electron chi connectivity index (χ0n) is 18.4. The summed E-state index contributed by atoms with van der Waals surface area (Å²) in [5.74, 6) is 0.940. The van der Waals surface area contributed by atoms with Crippen molar-refractivity contribution in [2.75, 3.05) is 52.5 Å². The van der Waals surface area contributed by atoms with Gasteiger partial charge < -0.3 is 20.5 Å². The average molecular weight is 523 g/mol. The SMILES string of the molecule is CCNC(=NCC1(CCO)CCCCC1)NCC1(N2CCCC2)CCOCC1.I. The minimum absolute atomic E-state index is 0. The van der Waals surface area contributed by atoms with Gasteiger partial charge in [0.2, 0.25) is 0 Å². The van der Waals surface area contributed by atoms with E-state index in [4.69, 9.17) is 9.73 Å². The van der Waals surface area contributed by atoms with Gasteiger partial charge in [-0.15, -0.1) is 24.0 Å². The second-order valence-corrected chi connectivity index (χ2v) is 9.11. The number of aliphatic hydroxyl groups is 1. The monoisotopic (exact) mass is 522 g/mol. The Bertz CT molecular complexity index is 480. The van der Waals surface area contributed by atoms with Crippen molar-refractivity contribution in [2.24, 2.45) is 10.4 Å². The van der Waals surface area contributed by atoms with E-state index < -0.39 is 0 Å². The number of rotatable bonds is 8. The van der Waals surface area contributed by atoms with Gasteiger partial charge in [0, 0.05) is 45.0 Å². The number of hydrogen-bond acceptors (Lipinski definition) is 4. The van der Waals surface area contributed by atoms with Crippen molar-refractivity contribution in [3.05, 3.63) is 0 Å². The highest BCUT2D eigenvalue weighted by atomic mass is 127. The highest BCUT2D eigenvalue weighted by Crippen LogP contribution is 2.39. The smallest absolute Gasteiger partial charge is 0.191 e. The Hall–Kier alpha value is -0.120. The Morgan fingerprint density at radius 3 is 2.31 bits per heavy atom.